The number of nitrogens with zero attached hydrogens (tertiary/aromatic N) is 1. The Morgan fingerprint density at radius 1 is 1.06 bits per heavy atom. The van der Waals surface area contributed by atoms with Gasteiger partial charge >= 0.3 is 5.97 Å². The molecule has 3 aromatic carbocycles. The second-order valence-corrected chi connectivity index (χ2v) is 8.36. The Morgan fingerprint density at radius 3 is 2.65 bits per heavy atom. The van der Waals surface area contributed by atoms with Gasteiger partial charge in [-0.15, -0.1) is 0 Å². The molecule has 1 heterocycles. The number of benzene rings is 3. The number of aliphatic carboxylic acids is 1. The summed E-state index contributed by atoms with van der Waals surface area (Å²) in [6.07, 6.45) is 2.10. The van der Waals surface area contributed by atoms with E-state index in [0.29, 0.717) is 30.2 Å². The van der Waals surface area contributed by atoms with Gasteiger partial charge in [-0.05, 0) is 78.4 Å². The number of fused-ring (bicyclic) bond motifs is 1. The fourth-order valence-corrected chi connectivity index (χ4v) is 4.27. The second kappa shape index (κ2) is 11.0. The van der Waals surface area contributed by atoms with Crippen LogP contribution in [0.4, 0.5) is 20.2 Å². The Hall–Kier alpha value is -3.61. The second-order valence-electron chi connectivity index (χ2n) is 8.36. The molecular formula is C27H28F2N2O3. The van der Waals surface area contributed by atoms with Gasteiger partial charge in [0.15, 0.2) is 0 Å². The summed E-state index contributed by atoms with van der Waals surface area (Å²) >= 11 is 0. The van der Waals surface area contributed by atoms with Crippen molar-refractivity contribution in [2.45, 2.75) is 32.2 Å². The molecule has 1 aliphatic rings. The summed E-state index contributed by atoms with van der Waals surface area (Å²) in [6.45, 7) is 2.74. The van der Waals surface area contributed by atoms with Gasteiger partial charge in [0, 0.05) is 30.9 Å². The molecule has 0 aromatic heterocycles. The van der Waals surface area contributed by atoms with E-state index in [4.69, 9.17) is 9.84 Å². The third-order valence-corrected chi connectivity index (χ3v) is 6.03. The first-order chi connectivity index (χ1) is 16.5. The summed E-state index contributed by atoms with van der Waals surface area (Å²) in [5, 5.41) is 12.1. The summed E-state index contributed by atoms with van der Waals surface area (Å²) in [7, 11) is 0. The first-order valence-electron chi connectivity index (χ1n) is 11.5. The van der Waals surface area contributed by atoms with Crippen molar-refractivity contribution in [2.24, 2.45) is 0 Å². The van der Waals surface area contributed by atoms with Crippen LogP contribution >= 0.6 is 0 Å². The third kappa shape index (κ3) is 6.04. The van der Waals surface area contributed by atoms with Gasteiger partial charge in [0.1, 0.15) is 24.0 Å². The smallest absolute Gasteiger partial charge is 0.303 e. The van der Waals surface area contributed by atoms with E-state index in [1.807, 2.05) is 6.07 Å². The largest absolute Gasteiger partial charge is 0.492 e. The van der Waals surface area contributed by atoms with E-state index >= 15 is 0 Å². The maximum atomic E-state index is 14.3. The van der Waals surface area contributed by atoms with Gasteiger partial charge in [0.25, 0.3) is 0 Å². The van der Waals surface area contributed by atoms with Gasteiger partial charge in [-0.25, -0.2) is 8.78 Å². The van der Waals surface area contributed by atoms with Crippen LogP contribution in [-0.2, 0) is 24.2 Å². The molecule has 0 bridgehead atoms. The summed E-state index contributed by atoms with van der Waals surface area (Å²) in [5.41, 5.74) is 4.69. The van der Waals surface area contributed by atoms with Crippen molar-refractivity contribution in [1.82, 2.24) is 0 Å². The predicted molar refractivity (Wildman–Crippen MR) is 129 cm³/mol. The molecule has 0 fully saturated rings. The van der Waals surface area contributed by atoms with E-state index in [9.17, 15) is 13.6 Å². The number of hydrogen-bond donors (Lipinski definition) is 2. The molecule has 0 aliphatic carbocycles. The topological polar surface area (TPSA) is 61.8 Å². The Bertz CT molecular complexity index is 1140. The zero-order valence-electron chi connectivity index (χ0n) is 18.9. The van der Waals surface area contributed by atoms with Gasteiger partial charge < -0.3 is 20.1 Å². The van der Waals surface area contributed by atoms with Crippen LogP contribution in [0.25, 0.3) is 0 Å². The Labute approximate surface area is 198 Å². The van der Waals surface area contributed by atoms with Crippen molar-refractivity contribution in [1.29, 1.82) is 0 Å². The maximum Gasteiger partial charge on any atom is 0.303 e. The number of aryl methyl sites for hydroxylation is 1. The number of carboxylic acid groups (broad SMARTS) is 1. The van der Waals surface area contributed by atoms with E-state index < -0.39 is 11.8 Å². The van der Waals surface area contributed by atoms with Crippen LogP contribution in [0, 0.1) is 11.6 Å². The number of rotatable bonds is 10. The minimum atomic E-state index is -0.938. The molecule has 0 saturated carbocycles. The molecule has 3 aromatic rings. The first kappa shape index (κ1) is 23.5. The molecule has 7 heteroatoms. The first-order valence-corrected chi connectivity index (χ1v) is 11.5. The standard InChI is InChI=1S/C27H28F2N2O3/c28-21-8-11-23(12-9-21)34-16-15-31-14-2-4-24-20(3-1-5-26(24)31)18-30-22-10-6-19(25(29)17-22)7-13-27(32)33/h1,3,5-6,8-12,17,30H,2,4,7,13-16,18H2,(H,32,33). The lowest BCUT2D eigenvalue weighted by Gasteiger charge is -2.32. The molecule has 0 spiro atoms. The fraction of sp³-hybridized carbons (Fsp3) is 0.296. The molecule has 34 heavy (non-hydrogen) atoms. The quantitative estimate of drug-likeness (QED) is 0.418. The van der Waals surface area contributed by atoms with Gasteiger partial charge in [-0.3, -0.25) is 4.79 Å². The van der Waals surface area contributed by atoms with Crippen LogP contribution in [0.2, 0.25) is 0 Å². The Kier molecular flexibility index (Phi) is 7.62. The highest BCUT2D eigenvalue weighted by atomic mass is 19.1. The number of ether oxygens (including phenoxy) is 1. The SMILES string of the molecule is O=C(O)CCc1ccc(NCc2cccc3c2CCCN3CCOc2ccc(F)cc2)cc1F. The minimum absolute atomic E-state index is 0.0920. The lowest BCUT2D eigenvalue weighted by Crippen LogP contribution is -2.33. The number of carbonyl (C=O) groups is 1. The zero-order chi connectivity index (χ0) is 23.9. The average molecular weight is 467 g/mol. The number of nitrogens with one attached hydrogen (secondary N) is 1. The number of hydrogen-bond acceptors (Lipinski definition) is 4. The van der Waals surface area contributed by atoms with E-state index in [1.165, 1.54) is 29.4 Å². The van der Waals surface area contributed by atoms with Crippen molar-refractivity contribution < 1.29 is 23.4 Å². The van der Waals surface area contributed by atoms with Crippen molar-refractivity contribution in [3.05, 3.63) is 89.0 Å². The van der Waals surface area contributed by atoms with E-state index in [0.717, 1.165) is 31.5 Å². The van der Waals surface area contributed by atoms with Crippen LogP contribution in [-0.4, -0.2) is 30.8 Å². The van der Waals surface area contributed by atoms with Gasteiger partial charge in [-0.1, -0.05) is 18.2 Å². The number of halogens is 2. The Morgan fingerprint density at radius 2 is 1.88 bits per heavy atom. The zero-order valence-corrected chi connectivity index (χ0v) is 18.9. The summed E-state index contributed by atoms with van der Waals surface area (Å²) in [4.78, 5) is 13.0. The van der Waals surface area contributed by atoms with Crippen molar-refractivity contribution in [3.63, 3.8) is 0 Å². The lowest BCUT2D eigenvalue weighted by atomic mass is 9.96. The molecule has 0 radical (unpaired) electrons. The van der Waals surface area contributed by atoms with Crippen molar-refractivity contribution in [2.75, 3.05) is 29.9 Å². The van der Waals surface area contributed by atoms with E-state index in [2.05, 4.69) is 22.3 Å². The molecule has 2 N–H and O–H groups in total. The molecule has 0 saturated heterocycles. The molecule has 178 valence electrons. The predicted octanol–water partition coefficient (Wildman–Crippen LogP) is 5.43. The highest BCUT2D eigenvalue weighted by Gasteiger charge is 2.19. The van der Waals surface area contributed by atoms with E-state index in [1.54, 1.807) is 24.3 Å². The summed E-state index contributed by atoms with van der Waals surface area (Å²) in [6, 6.07) is 17.1. The van der Waals surface area contributed by atoms with Crippen LogP contribution in [0.15, 0.2) is 60.7 Å². The van der Waals surface area contributed by atoms with Gasteiger partial charge in [0.05, 0.1) is 6.54 Å². The van der Waals surface area contributed by atoms with E-state index in [-0.39, 0.29) is 18.7 Å². The normalized spacial score (nSPS) is 12.8. The van der Waals surface area contributed by atoms with Gasteiger partial charge in [0.2, 0.25) is 0 Å². The molecule has 0 unspecified atom stereocenters. The average Bonchev–Trinajstić information content (AvgIpc) is 2.83. The lowest BCUT2D eigenvalue weighted by molar-refractivity contribution is -0.136. The maximum absolute atomic E-state index is 14.3. The molecule has 0 atom stereocenters. The molecule has 4 rings (SSSR count). The van der Waals surface area contributed by atoms with Crippen LogP contribution < -0.4 is 15.0 Å². The minimum Gasteiger partial charge on any atom is -0.492 e. The monoisotopic (exact) mass is 466 g/mol. The number of anilines is 2. The Balaban J connectivity index is 1.37. The molecular weight excluding hydrogens is 438 g/mol. The summed E-state index contributed by atoms with van der Waals surface area (Å²) < 4.78 is 33.2. The molecule has 5 nitrogen and oxygen atoms in total. The molecule has 1 aliphatic heterocycles. The highest BCUT2D eigenvalue weighted by molar-refractivity contribution is 5.67. The van der Waals surface area contributed by atoms with Crippen molar-refractivity contribution in [3.8, 4) is 5.75 Å². The highest BCUT2D eigenvalue weighted by Crippen LogP contribution is 2.30. The van der Waals surface area contributed by atoms with Crippen molar-refractivity contribution >= 4 is 17.3 Å². The molecule has 0 amide bonds. The van der Waals surface area contributed by atoms with Crippen LogP contribution in [0.5, 0.6) is 5.75 Å². The summed E-state index contributed by atoms with van der Waals surface area (Å²) in [5.74, 6) is -0.965. The van der Waals surface area contributed by atoms with Gasteiger partial charge in [-0.2, -0.15) is 0 Å². The van der Waals surface area contributed by atoms with Crippen LogP contribution in [0.1, 0.15) is 29.5 Å². The van der Waals surface area contributed by atoms with Crippen LogP contribution in [0.3, 0.4) is 0 Å². The third-order valence-electron chi connectivity index (χ3n) is 6.03. The number of carboxylic acids is 1. The fourth-order valence-electron chi connectivity index (χ4n) is 4.27.